The summed E-state index contributed by atoms with van der Waals surface area (Å²) in [6.07, 6.45) is 1.49. The van der Waals surface area contributed by atoms with Gasteiger partial charge in [-0.3, -0.25) is 0 Å². The van der Waals surface area contributed by atoms with E-state index in [0.29, 0.717) is 32.9 Å². The highest BCUT2D eigenvalue weighted by Crippen LogP contribution is 2.45. The molecular weight excluding hydrogens is 476 g/mol. The Hall–Kier alpha value is -4.56. The normalized spacial score (nSPS) is 11.9. The number of fused-ring (bicyclic) bond motifs is 4. The monoisotopic (exact) mass is 496 g/mol. The van der Waals surface area contributed by atoms with Gasteiger partial charge < -0.3 is 14.8 Å². The first kappa shape index (κ1) is 21.9. The second-order valence-electron chi connectivity index (χ2n) is 8.41. The molecule has 0 saturated carbocycles. The molecule has 7 nitrogen and oxygen atoms in total. The van der Waals surface area contributed by atoms with Crippen LogP contribution in [0.2, 0.25) is 0 Å². The van der Waals surface area contributed by atoms with E-state index < -0.39 is 16.0 Å². The average molecular weight is 497 g/mol. The van der Waals surface area contributed by atoms with Crippen molar-refractivity contribution in [1.82, 2.24) is 8.96 Å². The number of nitrogens with one attached hydrogen (secondary N) is 1. The molecule has 2 heterocycles. The van der Waals surface area contributed by atoms with Gasteiger partial charge in [0.2, 0.25) is 0 Å². The molecule has 0 amide bonds. The highest BCUT2D eigenvalue weighted by Gasteiger charge is 2.27. The summed E-state index contributed by atoms with van der Waals surface area (Å²) in [7, 11) is -2.69. The highest BCUT2D eigenvalue weighted by atomic mass is 32.2. The van der Waals surface area contributed by atoms with Gasteiger partial charge in [-0.15, -0.1) is 0 Å². The minimum absolute atomic E-state index is 0.00694. The Bertz CT molecular complexity index is 1920. The second-order valence-corrected chi connectivity index (χ2v) is 10.2. The van der Waals surface area contributed by atoms with Crippen molar-refractivity contribution >= 4 is 48.7 Å². The van der Waals surface area contributed by atoms with E-state index in [1.54, 1.807) is 48.5 Å². The van der Waals surface area contributed by atoms with Gasteiger partial charge in [0.1, 0.15) is 11.3 Å². The molecule has 0 spiro atoms. The topological polar surface area (TPSA) is 101 Å². The van der Waals surface area contributed by atoms with Crippen LogP contribution < -0.4 is 0 Å². The number of esters is 1. The number of hydrogen-bond donors (Lipinski definition) is 2. The fourth-order valence-corrected chi connectivity index (χ4v) is 6.15. The maximum absolute atomic E-state index is 13.6. The summed E-state index contributed by atoms with van der Waals surface area (Å²) in [6, 6.07) is 24.4. The van der Waals surface area contributed by atoms with E-state index in [1.165, 1.54) is 29.4 Å². The Morgan fingerprint density at radius 3 is 2.31 bits per heavy atom. The third-order valence-electron chi connectivity index (χ3n) is 6.43. The molecule has 6 rings (SSSR count). The minimum atomic E-state index is -3.94. The van der Waals surface area contributed by atoms with E-state index in [4.69, 9.17) is 4.74 Å². The number of phenols is 1. The summed E-state index contributed by atoms with van der Waals surface area (Å²) < 4.78 is 33.4. The highest BCUT2D eigenvalue weighted by molar-refractivity contribution is 7.90. The molecular formula is C28H20N2O5S. The number of nitrogens with zero attached hydrogens (tertiary/aromatic N) is 1. The van der Waals surface area contributed by atoms with Crippen LogP contribution in [-0.4, -0.2) is 35.6 Å². The third kappa shape index (κ3) is 3.11. The predicted octanol–water partition coefficient (Wildman–Crippen LogP) is 5.67. The number of benzene rings is 4. The molecule has 0 aliphatic heterocycles. The van der Waals surface area contributed by atoms with Gasteiger partial charge in [0.15, 0.2) is 0 Å². The Kier molecular flexibility index (Phi) is 4.87. The summed E-state index contributed by atoms with van der Waals surface area (Å²) in [6.45, 7) is 0. The molecule has 6 aromatic rings. The van der Waals surface area contributed by atoms with E-state index in [-0.39, 0.29) is 16.2 Å². The molecule has 0 radical (unpaired) electrons. The van der Waals surface area contributed by atoms with E-state index in [0.717, 1.165) is 10.9 Å². The first-order chi connectivity index (χ1) is 17.4. The largest absolute Gasteiger partial charge is 0.506 e. The van der Waals surface area contributed by atoms with E-state index in [1.807, 2.05) is 24.3 Å². The number of para-hydroxylation sites is 2. The quantitative estimate of drug-likeness (QED) is 0.306. The predicted molar refractivity (Wildman–Crippen MR) is 139 cm³/mol. The van der Waals surface area contributed by atoms with Crippen molar-refractivity contribution in [3.8, 4) is 16.9 Å². The molecule has 0 bridgehead atoms. The summed E-state index contributed by atoms with van der Waals surface area (Å²) in [5.41, 5.74) is 2.63. The molecule has 0 unspecified atom stereocenters. The van der Waals surface area contributed by atoms with E-state index in [9.17, 15) is 18.3 Å². The zero-order valence-corrected chi connectivity index (χ0v) is 19.9. The summed E-state index contributed by atoms with van der Waals surface area (Å²) in [5, 5.41) is 13.6. The zero-order chi connectivity index (χ0) is 25.0. The van der Waals surface area contributed by atoms with Gasteiger partial charge in [0, 0.05) is 33.4 Å². The van der Waals surface area contributed by atoms with Crippen LogP contribution in [0.25, 0.3) is 43.8 Å². The maximum Gasteiger partial charge on any atom is 0.341 e. The van der Waals surface area contributed by atoms with Crippen LogP contribution in [0.15, 0.2) is 96.0 Å². The second kappa shape index (κ2) is 8.00. The number of aromatic nitrogens is 2. The number of aromatic hydroxyl groups is 1. The van der Waals surface area contributed by atoms with Crippen molar-refractivity contribution in [3.63, 3.8) is 0 Å². The molecule has 8 heteroatoms. The van der Waals surface area contributed by atoms with Crippen LogP contribution >= 0.6 is 0 Å². The van der Waals surface area contributed by atoms with Crippen LogP contribution in [0.5, 0.6) is 5.75 Å². The van der Waals surface area contributed by atoms with Gasteiger partial charge in [0.05, 0.1) is 28.6 Å². The van der Waals surface area contributed by atoms with Gasteiger partial charge in [-0.25, -0.2) is 17.2 Å². The number of carbonyl (C=O) groups excluding carboxylic acids is 1. The average Bonchev–Trinajstić information content (AvgIpc) is 3.47. The first-order valence-corrected chi connectivity index (χ1v) is 12.6. The minimum Gasteiger partial charge on any atom is -0.506 e. The smallest absolute Gasteiger partial charge is 0.341 e. The summed E-state index contributed by atoms with van der Waals surface area (Å²) in [5.74, 6) is -0.984. The third-order valence-corrected chi connectivity index (χ3v) is 8.12. The number of phenolic OH excluding ortho intramolecular Hbond substituents is 1. The number of ether oxygens (including phenoxy) is 1. The van der Waals surface area contributed by atoms with Crippen molar-refractivity contribution in [1.29, 1.82) is 0 Å². The number of rotatable bonds is 4. The van der Waals surface area contributed by atoms with Crippen LogP contribution in [0, 0.1) is 0 Å². The van der Waals surface area contributed by atoms with Crippen molar-refractivity contribution in [2.45, 2.75) is 4.90 Å². The molecule has 0 aliphatic rings. The molecule has 2 N–H and O–H groups in total. The van der Waals surface area contributed by atoms with E-state index in [2.05, 4.69) is 4.98 Å². The van der Waals surface area contributed by atoms with E-state index >= 15 is 0 Å². The lowest BCUT2D eigenvalue weighted by molar-refractivity contribution is 0.0597. The van der Waals surface area contributed by atoms with Gasteiger partial charge in [-0.2, -0.15) is 0 Å². The fourth-order valence-electron chi connectivity index (χ4n) is 4.76. The standard InChI is InChI=1S/C28H20N2O5S/c1-35-28(32)21-15-20-18-11-5-7-13-23(18)29-26(20)25(27(21)31)22-16-30(24-14-8-6-12-19(22)24)36(33,34)17-9-3-2-4-10-17/h2-16,29,31H,1H3. The number of carbonyl (C=O) groups is 1. The maximum atomic E-state index is 13.6. The fraction of sp³-hybridized carbons (Fsp3) is 0.0357. The van der Waals surface area contributed by atoms with Crippen molar-refractivity contribution < 1.29 is 23.1 Å². The SMILES string of the molecule is COC(=O)c1cc2c([nH]c3ccccc32)c(-c2cn(S(=O)(=O)c3ccccc3)c3ccccc23)c1O. The van der Waals surface area contributed by atoms with Crippen LogP contribution in [0.3, 0.4) is 0 Å². The number of methoxy groups -OCH3 is 1. The lowest BCUT2D eigenvalue weighted by atomic mass is 9.97. The Morgan fingerprint density at radius 2 is 1.56 bits per heavy atom. The first-order valence-electron chi connectivity index (χ1n) is 11.2. The number of hydrogen-bond acceptors (Lipinski definition) is 5. The van der Waals surface area contributed by atoms with Crippen molar-refractivity contribution in [2.75, 3.05) is 7.11 Å². The Balaban J connectivity index is 1.75. The number of H-pyrrole nitrogens is 1. The Morgan fingerprint density at radius 1 is 0.889 bits per heavy atom. The Labute approximate surface area is 206 Å². The lowest BCUT2D eigenvalue weighted by Gasteiger charge is -2.10. The molecule has 36 heavy (non-hydrogen) atoms. The van der Waals surface area contributed by atoms with Crippen molar-refractivity contribution in [2.24, 2.45) is 0 Å². The van der Waals surface area contributed by atoms with Crippen molar-refractivity contribution in [3.05, 3.63) is 96.7 Å². The van der Waals surface area contributed by atoms with Crippen LogP contribution in [0.1, 0.15) is 10.4 Å². The molecule has 0 saturated heterocycles. The van der Waals surface area contributed by atoms with Gasteiger partial charge in [-0.1, -0.05) is 54.6 Å². The molecule has 178 valence electrons. The van der Waals surface area contributed by atoms with Gasteiger partial charge in [-0.05, 0) is 30.3 Å². The lowest BCUT2D eigenvalue weighted by Crippen LogP contribution is -2.11. The van der Waals surface area contributed by atoms with Gasteiger partial charge >= 0.3 is 5.97 Å². The zero-order valence-electron chi connectivity index (χ0n) is 19.1. The van der Waals surface area contributed by atoms with Gasteiger partial charge in [0.25, 0.3) is 10.0 Å². The van der Waals surface area contributed by atoms with Crippen LogP contribution in [-0.2, 0) is 14.8 Å². The molecule has 4 aromatic carbocycles. The number of aromatic amines is 1. The molecule has 2 aromatic heterocycles. The molecule has 0 aliphatic carbocycles. The molecule has 0 fully saturated rings. The summed E-state index contributed by atoms with van der Waals surface area (Å²) >= 11 is 0. The molecule has 0 atom stereocenters. The summed E-state index contributed by atoms with van der Waals surface area (Å²) in [4.78, 5) is 16.1. The van der Waals surface area contributed by atoms with Crippen LogP contribution in [0.4, 0.5) is 0 Å².